The maximum Gasteiger partial charge on any atom is 0.275 e. The Morgan fingerprint density at radius 1 is 1.29 bits per heavy atom. The fraction of sp³-hybridized carbons (Fsp3) is 0.444. The molecule has 0 bridgehead atoms. The standard InChI is InChI=1S/C18H23N3O2.ClH/c1-19-10-7-14-8-11-21(12-9-14)18(22)16-13-23-17(20-16)15-5-3-2-4-6-15;/h2-6,13-14,19H,7-12H2,1H3;1H. The van der Waals surface area contributed by atoms with Crippen LogP contribution in [0.15, 0.2) is 41.0 Å². The fourth-order valence-corrected chi connectivity index (χ4v) is 3.02. The van der Waals surface area contributed by atoms with Gasteiger partial charge in [0, 0.05) is 18.7 Å². The van der Waals surface area contributed by atoms with Crippen LogP contribution in [0.1, 0.15) is 29.8 Å². The summed E-state index contributed by atoms with van der Waals surface area (Å²) in [6.45, 7) is 2.66. The molecule has 2 heterocycles. The zero-order valence-electron chi connectivity index (χ0n) is 13.9. The Balaban J connectivity index is 0.00000208. The number of rotatable bonds is 5. The summed E-state index contributed by atoms with van der Waals surface area (Å²) in [5.74, 6) is 1.18. The highest BCUT2D eigenvalue weighted by Crippen LogP contribution is 2.23. The minimum absolute atomic E-state index is 0. The van der Waals surface area contributed by atoms with Crippen molar-refractivity contribution in [2.45, 2.75) is 19.3 Å². The molecule has 130 valence electrons. The number of nitrogens with one attached hydrogen (secondary N) is 1. The monoisotopic (exact) mass is 349 g/mol. The van der Waals surface area contributed by atoms with Crippen molar-refractivity contribution < 1.29 is 9.21 Å². The average molecular weight is 350 g/mol. The Morgan fingerprint density at radius 2 is 2.00 bits per heavy atom. The molecule has 1 aliphatic rings. The molecule has 0 spiro atoms. The lowest BCUT2D eigenvalue weighted by molar-refractivity contribution is 0.0681. The Hall–Kier alpha value is -1.85. The number of hydrogen-bond acceptors (Lipinski definition) is 4. The van der Waals surface area contributed by atoms with E-state index in [0.717, 1.165) is 38.0 Å². The molecule has 0 atom stereocenters. The highest BCUT2D eigenvalue weighted by Gasteiger charge is 2.25. The van der Waals surface area contributed by atoms with Crippen LogP contribution in [0.25, 0.3) is 11.5 Å². The second-order valence-corrected chi connectivity index (χ2v) is 6.03. The molecule has 0 radical (unpaired) electrons. The lowest BCUT2D eigenvalue weighted by atomic mass is 9.93. The maximum atomic E-state index is 12.6. The van der Waals surface area contributed by atoms with E-state index in [9.17, 15) is 4.79 Å². The normalized spacial score (nSPS) is 15.1. The topological polar surface area (TPSA) is 58.4 Å². The largest absolute Gasteiger partial charge is 0.444 e. The number of carbonyl (C=O) groups is 1. The number of oxazole rings is 1. The van der Waals surface area contributed by atoms with Crippen molar-refractivity contribution in [2.75, 3.05) is 26.7 Å². The molecule has 3 rings (SSSR count). The van der Waals surface area contributed by atoms with Crippen molar-refractivity contribution in [3.05, 3.63) is 42.3 Å². The third-order valence-electron chi connectivity index (χ3n) is 4.45. The van der Waals surface area contributed by atoms with E-state index in [1.807, 2.05) is 42.3 Å². The van der Waals surface area contributed by atoms with Gasteiger partial charge in [-0.3, -0.25) is 4.79 Å². The summed E-state index contributed by atoms with van der Waals surface area (Å²) in [4.78, 5) is 18.8. The number of likely N-dealkylation sites (tertiary alicyclic amines) is 1. The van der Waals surface area contributed by atoms with Crippen molar-refractivity contribution in [1.29, 1.82) is 0 Å². The summed E-state index contributed by atoms with van der Waals surface area (Å²) >= 11 is 0. The molecule has 1 aromatic heterocycles. The third-order valence-corrected chi connectivity index (χ3v) is 4.45. The van der Waals surface area contributed by atoms with Crippen LogP contribution in [0, 0.1) is 5.92 Å². The number of halogens is 1. The Labute approximate surface area is 148 Å². The number of nitrogens with zero attached hydrogens (tertiary/aromatic N) is 2. The molecule has 1 aromatic carbocycles. The van der Waals surface area contributed by atoms with Crippen molar-refractivity contribution in [3.63, 3.8) is 0 Å². The van der Waals surface area contributed by atoms with Gasteiger partial charge in [-0.15, -0.1) is 12.4 Å². The van der Waals surface area contributed by atoms with Crippen molar-refractivity contribution in [2.24, 2.45) is 5.92 Å². The van der Waals surface area contributed by atoms with Gasteiger partial charge in [-0.2, -0.15) is 0 Å². The van der Waals surface area contributed by atoms with Gasteiger partial charge in [0.05, 0.1) is 0 Å². The van der Waals surface area contributed by atoms with Gasteiger partial charge in [0.25, 0.3) is 5.91 Å². The molecule has 1 aliphatic heterocycles. The molecule has 1 fully saturated rings. The van der Waals surface area contributed by atoms with Crippen LogP contribution in [-0.4, -0.2) is 42.5 Å². The smallest absolute Gasteiger partial charge is 0.275 e. The molecule has 2 aromatic rings. The number of carbonyl (C=O) groups excluding carboxylic acids is 1. The van der Waals surface area contributed by atoms with Gasteiger partial charge in [0.2, 0.25) is 5.89 Å². The average Bonchev–Trinajstić information content (AvgIpc) is 3.11. The van der Waals surface area contributed by atoms with Gasteiger partial charge < -0.3 is 14.6 Å². The van der Waals surface area contributed by atoms with Gasteiger partial charge in [-0.05, 0) is 50.9 Å². The molecule has 1 saturated heterocycles. The summed E-state index contributed by atoms with van der Waals surface area (Å²) in [5, 5.41) is 3.19. The van der Waals surface area contributed by atoms with E-state index in [-0.39, 0.29) is 18.3 Å². The first kappa shape index (κ1) is 18.5. The lowest BCUT2D eigenvalue weighted by Gasteiger charge is -2.31. The molecule has 24 heavy (non-hydrogen) atoms. The molecule has 1 amide bonds. The SMILES string of the molecule is CNCCC1CCN(C(=O)c2coc(-c3ccccc3)n2)CC1.Cl. The lowest BCUT2D eigenvalue weighted by Crippen LogP contribution is -2.39. The van der Waals surface area contributed by atoms with Crippen LogP contribution in [0.4, 0.5) is 0 Å². The van der Waals surface area contributed by atoms with Gasteiger partial charge in [-0.1, -0.05) is 18.2 Å². The zero-order valence-corrected chi connectivity index (χ0v) is 14.7. The van der Waals surface area contributed by atoms with Crippen LogP contribution in [-0.2, 0) is 0 Å². The van der Waals surface area contributed by atoms with Gasteiger partial charge in [0.15, 0.2) is 5.69 Å². The van der Waals surface area contributed by atoms with Crippen LogP contribution < -0.4 is 5.32 Å². The Kier molecular flexibility index (Phi) is 6.82. The fourth-order valence-electron chi connectivity index (χ4n) is 3.02. The van der Waals surface area contributed by atoms with E-state index in [1.54, 1.807) is 0 Å². The summed E-state index contributed by atoms with van der Waals surface area (Å²) in [6, 6.07) is 9.64. The Morgan fingerprint density at radius 3 is 2.67 bits per heavy atom. The molecule has 1 N–H and O–H groups in total. The number of aromatic nitrogens is 1. The first-order valence-corrected chi connectivity index (χ1v) is 8.22. The highest BCUT2D eigenvalue weighted by atomic mass is 35.5. The summed E-state index contributed by atoms with van der Waals surface area (Å²) in [5.41, 5.74) is 1.29. The van der Waals surface area contributed by atoms with Crippen LogP contribution in [0.2, 0.25) is 0 Å². The van der Waals surface area contributed by atoms with E-state index in [4.69, 9.17) is 4.42 Å². The van der Waals surface area contributed by atoms with Crippen LogP contribution >= 0.6 is 12.4 Å². The van der Waals surface area contributed by atoms with Crippen LogP contribution in [0.3, 0.4) is 0 Å². The molecule has 5 nitrogen and oxygen atoms in total. The number of piperidine rings is 1. The van der Waals surface area contributed by atoms with Crippen molar-refractivity contribution in [3.8, 4) is 11.5 Å². The van der Waals surface area contributed by atoms with Crippen molar-refractivity contribution in [1.82, 2.24) is 15.2 Å². The summed E-state index contributed by atoms with van der Waals surface area (Å²) in [6.07, 6.45) is 4.78. The second kappa shape index (κ2) is 8.85. The third kappa shape index (κ3) is 4.36. The molecule has 0 aliphatic carbocycles. The number of benzene rings is 1. The highest BCUT2D eigenvalue weighted by molar-refractivity contribution is 5.92. The van der Waals surface area contributed by atoms with E-state index in [2.05, 4.69) is 10.3 Å². The van der Waals surface area contributed by atoms with E-state index in [0.29, 0.717) is 17.5 Å². The van der Waals surface area contributed by atoms with Gasteiger partial charge in [0.1, 0.15) is 6.26 Å². The van der Waals surface area contributed by atoms with Gasteiger partial charge in [-0.25, -0.2) is 4.98 Å². The van der Waals surface area contributed by atoms with Crippen molar-refractivity contribution >= 4 is 18.3 Å². The predicted octanol–water partition coefficient (Wildman–Crippen LogP) is 3.23. The summed E-state index contributed by atoms with van der Waals surface area (Å²) in [7, 11) is 1.98. The van der Waals surface area contributed by atoms with E-state index >= 15 is 0 Å². The maximum absolute atomic E-state index is 12.6. The first-order chi connectivity index (χ1) is 11.3. The van der Waals surface area contributed by atoms with E-state index in [1.165, 1.54) is 12.7 Å². The quantitative estimate of drug-likeness (QED) is 0.900. The molecule has 0 saturated carbocycles. The van der Waals surface area contributed by atoms with E-state index < -0.39 is 0 Å². The summed E-state index contributed by atoms with van der Waals surface area (Å²) < 4.78 is 5.47. The molecule has 6 heteroatoms. The molecule has 0 unspecified atom stereocenters. The van der Waals surface area contributed by atoms with Crippen LogP contribution in [0.5, 0.6) is 0 Å². The minimum atomic E-state index is -0.0250. The second-order valence-electron chi connectivity index (χ2n) is 6.03. The van der Waals surface area contributed by atoms with Gasteiger partial charge >= 0.3 is 0 Å². The zero-order chi connectivity index (χ0) is 16.1. The number of amides is 1. The first-order valence-electron chi connectivity index (χ1n) is 8.22. The minimum Gasteiger partial charge on any atom is -0.444 e. The number of hydrogen-bond donors (Lipinski definition) is 1. The Bertz CT molecular complexity index is 637. The molecular weight excluding hydrogens is 326 g/mol. The predicted molar refractivity (Wildman–Crippen MR) is 96.4 cm³/mol. The molecular formula is C18H24ClN3O2.